The fraction of sp³-hybridized carbons (Fsp3) is 0.0435. The van der Waals surface area contributed by atoms with E-state index in [1.54, 1.807) is 50.2 Å². The molecule has 10 nitrogen and oxygen atoms in total. The first kappa shape index (κ1) is 36.3. The van der Waals surface area contributed by atoms with Crippen LogP contribution < -0.4 is 22.6 Å². The standard InChI is InChI=1S/C46H32N6O4S/c1-27-21-31-23-37(29-9-5-3-6-10-29)39(25-47)43(49)41(31)45(53)51(27)33-13-17-35(18-14-33)57(55,56)36-19-15-34(16-20-36)52-28(2)22-32-24-38(30-11-7-4-8-12-30)40(26-48)44(50)42(32)46(52)54/h3-24H,49-50H2,1-2H3. The van der Waals surface area contributed by atoms with Crippen LogP contribution in [0.3, 0.4) is 0 Å². The Morgan fingerprint density at radius 2 is 0.877 bits per heavy atom. The molecule has 0 aliphatic rings. The molecule has 8 rings (SSSR count). The number of hydrogen-bond donors (Lipinski definition) is 2. The lowest BCUT2D eigenvalue weighted by Crippen LogP contribution is -2.22. The SMILES string of the molecule is Cc1cc2cc(-c3ccccc3)c(C#N)c(N)c2c(=O)n1-c1ccc(S(=O)(=O)c2ccc(-n3c(C)cc4cc(-c5ccccc5)c(C#N)c(N)c4c3=O)cc2)cc1. The number of pyridine rings is 2. The summed E-state index contributed by atoms with van der Waals surface area (Å²) >= 11 is 0. The zero-order valence-corrected chi connectivity index (χ0v) is 31.5. The van der Waals surface area contributed by atoms with E-state index in [0.29, 0.717) is 44.7 Å². The zero-order valence-electron chi connectivity index (χ0n) is 30.7. The topological polar surface area (TPSA) is 178 Å². The minimum atomic E-state index is -4.03. The molecule has 0 atom stereocenters. The van der Waals surface area contributed by atoms with Gasteiger partial charge < -0.3 is 11.5 Å². The number of nitrogens with zero attached hydrogens (tertiary/aromatic N) is 4. The van der Waals surface area contributed by atoms with Gasteiger partial charge in [-0.25, -0.2) is 8.42 Å². The highest BCUT2D eigenvalue weighted by molar-refractivity contribution is 7.91. The molecule has 0 aliphatic carbocycles. The number of rotatable bonds is 6. The Labute approximate surface area is 327 Å². The predicted octanol–water partition coefficient (Wildman–Crippen LogP) is 7.99. The quantitative estimate of drug-likeness (QED) is 0.160. The highest BCUT2D eigenvalue weighted by Gasteiger charge is 2.22. The molecule has 0 bridgehead atoms. The fourth-order valence-electron chi connectivity index (χ4n) is 7.54. The van der Waals surface area contributed by atoms with Crippen LogP contribution in [0.15, 0.2) is 153 Å². The van der Waals surface area contributed by atoms with Crippen molar-refractivity contribution in [1.82, 2.24) is 9.13 Å². The molecule has 276 valence electrons. The number of aromatic nitrogens is 2. The molecule has 0 radical (unpaired) electrons. The number of fused-ring (bicyclic) bond motifs is 2. The van der Waals surface area contributed by atoms with E-state index in [-0.39, 0.29) is 43.1 Å². The van der Waals surface area contributed by atoms with Crippen LogP contribution >= 0.6 is 0 Å². The number of anilines is 2. The Balaban J connectivity index is 1.13. The minimum Gasteiger partial charge on any atom is -0.397 e. The van der Waals surface area contributed by atoms with Gasteiger partial charge in [0.05, 0.1) is 43.1 Å². The maximum Gasteiger partial charge on any atom is 0.265 e. The van der Waals surface area contributed by atoms with E-state index >= 15 is 0 Å². The van der Waals surface area contributed by atoms with Crippen molar-refractivity contribution in [3.8, 4) is 45.8 Å². The third-order valence-corrected chi connectivity index (χ3v) is 12.1. The van der Waals surface area contributed by atoms with Crippen LogP contribution in [0.2, 0.25) is 0 Å². The van der Waals surface area contributed by atoms with Gasteiger partial charge in [0.15, 0.2) is 0 Å². The highest BCUT2D eigenvalue weighted by Crippen LogP contribution is 2.35. The van der Waals surface area contributed by atoms with Crippen molar-refractivity contribution in [3.05, 3.63) is 177 Å². The van der Waals surface area contributed by atoms with E-state index < -0.39 is 21.0 Å². The number of nitrogens with two attached hydrogens (primary N) is 2. The number of nitrogen functional groups attached to an aromatic ring is 2. The Bertz CT molecular complexity index is 3050. The summed E-state index contributed by atoms with van der Waals surface area (Å²) in [6.45, 7) is 3.54. The van der Waals surface area contributed by atoms with E-state index in [1.165, 1.54) is 33.4 Å². The van der Waals surface area contributed by atoms with E-state index in [1.807, 2.05) is 72.8 Å². The van der Waals surface area contributed by atoms with Gasteiger partial charge in [-0.3, -0.25) is 18.7 Å². The summed E-state index contributed by atoms with van der Waals surface area (Å²) in [5, 5.41) is 21.6. The lowest BCUT2D eigenvalue weighted by atomic mass is 9.94. The van der Waals surface area contributed by atoms with Crippen LogP contribution in [0, 0.1) is 36.5 Å². The molecule has 0 spiro atoms. The van der Waals surface area contributed by atoms with Crippen LogP contribution in [-0.4, -0.2) is 17.6 Å². The normalized spacial score (nSPS) is 11.4. The Morgan fingerprint density at radius 1 is 0.526 bits per heavy atom. The van der Waals surface area contributed by atoms with Gasteiger partial charge in [0, 0.05) is 33.9 Å². The number of aryl methyl sites for hydroxylation is 2. The van der Waals surface area contributed by atoms with Gasteiger partial charge in [0.2, 0.25) is 9.84 Å². The zero-order chi connectivity index (χ0) is 40.2. The molecular formula is C46H32N6O4S. The largest absolute Gasteiger partial charge is 0.397 e. The lowest BCUT2D eigenvalue weighted by molar-refractivity contribution is 0.596. The van der Waals surface area contributed by atoms with Gasteiger partial charge in [-0.1, -0.05) is 60.7 Å². The van der Waals surface area contributed by atoms with Crippen molar-refractivity contribution in [3.63, 3.8) is 0 Å². The summed E-state index contributed by atoms with van der Waals surface area (Å²) < 4.78 is 30.6. The van der Waals surface area contributed by atoms with Gasteiger partial charge in [-0.05, 0) is 109 Å². The fourth-order valence-corrected chi connectivity index (χ4v) is 8.80. The molecule has 0 aliphatic heterocycles. The van der Waals surface area contributed by atoms with Crippen LogP contribution in [0.4, 0.5) is 11.4 Å². The molecule has 0 fully saturated rings. The smallest absolute Gasteiger partial charge is 0.265 e. The second-order valence-corrected chi connectivity index (χ2v) is 15.6. The van der Waals surface area contributed by atoms with Gasteiger partial charge in [-0.15, -0.1) is 0 Å². The summed E-state index contributed by atoms with van der Waals surface area (Å²) in [4.78, 5) is 28.0. The molecular weight excluding hydrogens is 733 g/mol. The molecule has 6 aromatic carbocycles. The second-order valence-electron chi connectivity index (χ2n) is 13.7. The molecule has 11 heteroatoms. The molecule has 0 saturated carbocycles. The Hall–Kier alpha value is -7.73. The lowest BCUT2D eigenvalue weighted by Gasteiger charge is -2.16. The second kappa shape index (κ2) is 13.8. The summed E-state index contributed by atoms with van der Waals surface area (Å²) in [7, 11) is -4.03. The number of hydrogen-bond acceptors (Lipinski definition) is 8. The van der Waals surface area contributed by atoms with Crippen molar-refractivity contribution in [1.29, 1.82) is 10.5 Å². The molecule has 0 amide bonds. The molecule has 8 aromatic rings. The first-order valence-corrected chi connectivity index (χ1v) is 19.3. The minimum absolute atomic E-state index is 0.00523. The number of nitriles is 2. The average Bonchev–Trinajstić information content (AvgIpc) is 3.21. The molecule has 57 heavy (non-hydrogen) atoms. The average molecular weight is 765 g/mol. The molecule has 0 saturated heterocycles. The molecule has 2 aromatic heterocycles. The summed E-state index contributed by atoms with van der Waals surface area (Å²) in [6, 6.07) is 42.1. The van der Waals surface area contributed by atoms with E-state index in [4.69, 9.17) is 11.5 Å². The van der Waals surface area contributed by atoms with Crippen molar-refractivity contribution in [2.75, 3.05) is 11.5 Å². The summed E-state index contributed by atoms with van der Waals surface area (Å²) in [5.41, 5.74) is 17.5. The van der Waals surface area contributed by atoms with Crippen molar-refractivity contribution < 1.29 is 8.42 Å². The van der Waals surface area contributed by atoms with Gasteiger partial charge in [-0.2, -0.15) is 10.5 Å². The van der Waals surface area contributed by atoms with Crippen LogP contribution in [0.25, 0.3) is 55.2 Å². The van der Waals surface area contributed by atoms with Crippen molar-refractivity contribution >= 4 is 42.8 Å². The molecule has 4 N–H and O–H groups in total. The maximum absolute atomic E-state index is 14.0. The van der Waals surface area contributed by atoms with Crippen molar-refractivity contribution in [2.24, 2.45) is 0 Å². The van der Waals surface area contributed by atoms with Crippen LogP contribution in [0.5, 0.6) is 0 Å². The van der Waals surface area contributed by atoms with Crippen molar-refractivity contribution in [2.45, 2.75) is 23.6 Å². The predicted molar refractivity (Wildman–Crippen MR) is 223 cm³/mol. The number of benzene rings is 6. The molecule has 0 unspecified atom stereocenters. The van der Waals surface area contributed by atoms with Gasteiger partial charge in [0.1, 0.15) is 12.1 Å². The van der Waals surface area contributed by atoms with Gasteiger partial charge in [0.25, 0.3) is 11.1 Å². The van der Waals surface area contributed by atoms with Crippen LogP contribution in [0.1, 0.15) is 22.5 Å². The van der Waals surface area contributed by atoms with Gasteiger partial charge >= 0.3 is 0 Å². The number of sulfone groups is 1. The molecule has 2 heterocycles. The Kier molecular flexibility index (Phi) is 8.81. The maximum atomic E-state index is 14.0. The van der Waals surface area contributed by atoms with E-state index in [9.17, 15) is 28.5 Å². The first-order chi connectivity index (χ1) is 27.4. The third-order valence-electron chi connectivity index (χ3n) is 10.3. The summed E-state index contributed by atoms with van der Waals surface area (Å²) in [6.07, 6.45) is 0. The highest BCUT2D eigenvalue weighted by atomic mass is 32.2. The first-order valence-electron chi connectivity index (χ1n) is 17.8. The summed E-state index contributed by atoms with van der Waals surface area (Å²) in [5.74, 6) is 0. The third kappa shape index (κ3) is 5.91. The van der Waals surface area contributed by atoms with E-state index in [2.05, 4.69) is 12.1 Å². The Morgan fingerprint density at radius 3 is 1.21 bits per heavy atom. The van der Waals surface area contributed by atoms with E-state index in [0.717, 1.165) is 11.1 Å². The van der Waals surface area contributed by atoms with Crippen LogP contribution in [-0.2, 0) is 9.84 Å². The monoisotopic (exact) mass is 764 g/mol.